The van der Waals surface area contributed by atoms with E-state index in [9.17, 15) is 4.79 Å². The monoisotopic (exact) mass is 287 g/mol. The van der Waals surface area contributed by atoms with Crippen LogP contribution >= 0.6 is 0 Å². The second-order valence-electron chi connectivity index (χ2n) is 5.00. The minimum atomic E-state index is -0.279. The number of carbonyl (C=O) groups is 1. The summed E-state index contributed by atoms with van der Waals surface area (Å²) in [6, 6.07) is 3.94. The Morgan fingerprint density at radius 2 is 2.24 bits per heavy atom. The van der Waals surface area contributed by atoms with Crippen molar-refractivity contribution in [3.63, 3.8) is 0 Å². The third kappa shape index (κ3) is 3.01. The van der Waals surface area contributed by atoms with Gasteiger partial charge < -0.3 is 15.0 Å². The maximum absolute atomic E-state index is 11.6. The van der Waals surface area contributed by atoms with Crippen LogP contribution < -0.4 is 5.32 Å². The van der Waals surface area contributed by atoms with Crippen LogP contribution in [0.5, 0.6) is 0 Å². The number of pyridine rings is 1. The molecule has 21 heavy (non-hydrogen) atoms. The number of amides is 1. The van der Waals surface area contributed by atoms with Gasteiger partial charge in [-0.05, 0) is 25.0 Å². The van der Waals surface area contributed by atoms with Gasteiger partial charge in [0.15, 0.2) is 5.65 Å². The molecule has 1 fully saturated rings. The van der Waals surface area contributed by atoms with Crippen LogP contribution in [0.15, 0.2) is 24.5 Å². The summed E-state index contributed by atoms with van der Waals surface area (Å²) in [4.78, 5) is 26.1. The van der Waals surface area contributed by atoms with Crippen molar-refractivity contribution >= 4 is 23.1 Å². The largest absolute Gasteiger partial charge is 0.453 e. The Morgan fingerprint density at radius 1 is 1.38 bits per heavy atom. The van der Waals surface area contributed by atoms with E-state index in [2.05, 4.69) is 20.3 Å². The number of nitrogens with zero attached hydrogens (tertiary/aromatic N) is 4. The maximum atomic E-state index is 11.6. The van der Waals surface area contributed by atoms with E-state index in [4.69, 9.17) is 4.74 Å². The zero-order chi connectivity index (χ0) is 14.7. The summed E-state index contributed by atoms with van der Waals surface area (Å²) in [6.45, 7) is 1.36. The Labute approximate surface area is 122 Å². The predicted octanol–water partition coefficient (Wildman–Crippen LogP) is 1.67. The number of rotatable bonds is 2. The molecule has 0 radical (unpaired) electrons. The van der Waals surface area contributed by atoms with Crippen LogP contribution in [-0.4, -0.2) is 52.2 Å². The lowest BCUT2D eigenvalue weighted by Gasteiger charge is -2.32. The first-order valence-corrected chi connectivity index (χ1v) is 6.93. The number of fused-ring (bicyclic) bond motifs is 1. The summed E-state index contributed by atoms with van der Waals surface area (Å²) < 4.78 is 4.77. The highest BCUT2D eigenvalue weighted by Crippen LogP contribution is 2.17. The molecule has 7 nitrogen and oxygen atoms in total. The second-order valence-corrected chi connectivity index (χ2v) is 5.00. The standard InChI is InChI=1S/C14H17N5O2/c1-21-14(20)19-8-2-3-10(9-19)17-12-5-4-11-13(18-12)16-7-6-15-11/h4-7,10H,2-3,8-9H2,1H3,(H,16,17,18). The Balaban J connectivity index is 1.71. The molecule has 1 atom stereocenters. The molecule has 3 rings (SSSR count). The molecule has 0 aromatic carbocycles. The van der Waals surface area contributed by atoms with Crippen molar-refractivity contribution in [2.75, 3.05) is 25.5 Å². The van der Waals surface area contributed by atoms with Crippen molar-refractivity contribution < 1.29 is 9.53 Å². The van der Waals surface area contributed by atoms with Crippen molar-refractivity contribution in [3.05, 3.63) is 24.5 Å². The van der Waals surface area contributed by atoms with Crippen LogP contribution in [0.4, 0.5) is 10.6 Å². The van der Waals surface area contributed by atoms with E-state index >= 15 is 0 Å². The van der Waals surface area contributed by atoms with Gasteiger partial charge >= 0.3 is 6.09 Å². The smallest absolute Gasteiger partial charge is 0.409 e. The number of piperidine rings is 1. The van der Waals surface area contributed by atoms with E-state index in [1.165, 1.54) is 7.11 Å². The number of nitrogens with one attached hydrogen (secondary N) is 1. The molecule has 1 saturated heterocycles. The highest BCUT2D eigenvalue weighted by Gasteiger charge is 2.24. The molecular weight excluding hydrogens is 270 g/mol. The number of methoxy groups -OCH3 is 1. The highest BCUT2D eigenvalue weighted by molar-refractivity contribution is 5.71. The molecular formula is C14H17N5O2. The number of carbonyl (C=O) groups excluding carboxylic acids is 1. The molecule has 1 aliphatic heterocycles. The van der Waals surface area contributed by atoms with Gasteiger partial charge in [0.05, 0.1) is 7.11 Å². The summed E-state index contributed by atoms with van der Waals surface area (Å²) in [5.74, 6) is 0.750. The second kappa shape index (κ2) is 5.90. The Morgan fingerprint density at radius 3 is 3.10 bits per heavy atom. The molecule has 0 bridgehead atoms. The van der Waals surface area contributed by atoms with Crippen LogP contribution in [0.2, 0.25) is 0 Å². The van der Waals surface area contributed by atoms with Crippen molar-refractivity contribution in [1.82, 2.24) is 19.9 Å². The van der Waals surface area contributed by atoms with Crippen molar-refractivity contribution in [2.45, 2.75) is 18.9 Å². The number of hydrogen-bond acceptors (Lipinski definition) is 6. The molecule has 2 aromatic rings. The summed E-state index contributed by atoms with van der Waals surface area (Å²) in [5, 5.41) is 3.35. The average Bonchev–Trinajstić information content (AvgIpc) is 2.54. The summed E-state index contributed by atoms with van der Waals surface area (Å²) in [7, 11) is 1.41. The zero-order valence-electron chi connectivity index (χ0n) is 11.8. The van der Waals surface area contributed by atoms with Gasteiger partial charge in [0.2, 0.25) is 0 Å². The lowest BCUT2D eigenvalue weighted by molar-refractivity contribution is 0.113. The topological polar surface area (TPSA) is 80.2 Å². The molecule has 1 aliphatic rings. The predicted molar refractivity (Wildman–Crippen MR) is 78.0 cm³/mol. The molecule has 0 saturated carbocycles. The van der Waals surface area contributed by atoms with E-state index in [-0.39, 0.29) is 12.1 Å². The molecule has 110 valence electrons. The Hall–Kier alpha value is -2.44. The quantitative estimate of drug-likeness (QED) is 0.905. The zero-order valence-corrected chi connectivity index (χ0v) is 11.8. The van der Waals surface area contributed by atoms with Gasteiger partial charge in [-0.15, -0.1) is 0 Å². The van der Waals surface area contributed by atoms with Gasteiger partial charge in [0, 0.05) is 31.5 Å². The fourth-order valence-corrected chi connectivity index (χ4v) is 2.53. The molecule has 0 spiro atoms. The van der Waals surface area contributed by atoms with Crippen molar-refractivity contribution in [1.29, 1.82) is 0 Å². The Bertz CT molecular complexity index is 648. The molecule has 1 N–H and O–H groups in total. The first kappa shape index (κ1) is 13.5. The van der Waals surface area contributed by atoms with Crippen LogP contribution in [-0.2, 0) is 4.74 Å². The fraction of sp³-hybridized carbons (Fsp3) is 0.429. The lowest BCUT2D eigenvalue weighted by atomic mass is 10.1. The number of anilines is 1. The SMILES string of the molecule is COC(=O)N1CCCC(Nc2ccc3nccnc3n2)C1. The van der Waals surface area contributed by atoms with Crippen molar-refractivity contribution in [3.8, 4) is 0 Å². The molecule has 7 heteroatoms. The maximum Gasteiger partial charge on any atom is 0.409 e. The van der Waals surface area contributed by atoms with Crippen molar-refractivity contribution in [2.24, 2.45) is 0 Å². The van der Waals surface area contributed by atoms with Crippen LogP contribution in [0, 0.1) is 0 Å². The van der Waals surface area contributed by atoms with Gasteiger partial charge in [-0.1, -0.05) is 0 Å². The fourth-order valence-electron chi connectivity index (χ4n) is 2.53. The normalized spacial score (nSPS) is 18.5. The van der Waals surface area contributed by atoms with E-state index < -0.39 is 0 Å². The van der Waals surface area contributed by atoms with E-state index in [0.29, 0.717) is 12.2 Å². The minimum absolute atomic E-state index is 0.166. The highest BCUT2D eigenvalue weighted by atomic mass is 16.5. The third-order valence-corrected chi connectivity index (χ3v) is 3.54. The first-order valence-electron chi connectivity index (χ1n) is 6.93. The lowest BCUT2D eigenvalue weighted by Crippen LogP contribution is -2.45. The molecule has 1 unspecified atom stereocenters. The molecule has 2 aromatic heterocycles. The summed E-state index contributed by atoms with van der Waals surface area (Å²) in [5.41, 5.74) is 1.38. The third-order valence-electron chi connectivity index (χ3n) is 3.54. The minimum Gasteiger partial charge on any atom is -0.453 e. The van der Waals surface area contributed by atoms with Crippen LogP contribution in [0.1, 0.15) is 12.8 Å². The number of ether oxygens (including phenoxy) is 1. The summed E-state index contributed by atoms with van der Waals surface area (Å²) >= 11 is 0. The van der Waals surface area contributed by atoms with Gasteiger partial charge in [0.25, 0.3) is 0 Å². The number of likely N-dealkylation sites (tertiary alicyclic amines) is 1. The van der Waals surface area contributed by atoms with E-state index in [1.54, 1.807) is 17.3 Å². The molecule has 0 aliphatic carbocycles. The van der Waals surface area contributed by atoms with Crippen LogP contribution in [0.3, 0.4) is 0 Å². The average molecular weight is 287 g/mol. The van der Waals surface area contributed by atoms with Gasteiger partial charge in [0.1, 0.15) is 11.3 Å². The molecule has 3 heterocycles. The van der Waals surface area contributed by atoms with Gasteiger partial charge in [-0.25, -0.2) is 14.8 Å². The molecule has 1 amide bonds. The first-order chi connectivity index (χ1) is 10.3. The number of aromatic nitrogens is 3. The van der Waals surface area contributed by atoms with Crippen LogP contribution in [0.25, 0.3) is 11.2 Å². The Kier molecular flexibility index (Phi) is 3.81. The van der Waals surface area contributed by atoms with E-state index in [1.807, 2.05) is 12.1 Å². The van der Waals surface area contributed by atoms with Gasteiger partial charge in [-0.3, -0.25) is 4.98 Å². The van der Waals surface area contributed by atoms with Gasteiger partial charge in [-0.2, -0.15) is 0 Å². The number of hydrogen-bond donors (Lipinski definition) is 1. The summed E-state index contributed by atoms with van der Waals surface area (Å²) in [6.07, 6.45) is 4.93. The van der Waals surface area contributed by atoms with E-state index in [0.717, 1.165) is 30.7 Å².